The van der Waals surface area contributed by atoms with Crippen LogP contribution in [0.1, 0.15) is 31.2 Å². The van der Waals surface area contributed by atoms with Crippen LogP contribution in [0, 0.1) is 5.92 Å². The Morgan fingerprint density at radius 1 is 1.12 bits per heavy atom. The van der Waals surface area contributed by atoms with E-state index in [2.05, 4.69) is 56.4 Å². The molecule has 1 aliphatic rings. The molecule has 3 heterocycles. The lowest BCUT2D eigenvalue weighted by atomic mass is 9.96. The minimum atomic E-state index is -0.0219. The van der Waals surface area contributed by atoms with Crippen molar-refractivity contribution in [2.45, 2.75) is 32.7 Å². The Balaban J connectivity index is 1.23. The number of H-pyrrole nitrogens is 1. The fourth-order valence-corrected chi connectivity index (χ4v) is 4.55. The number of nitrogens with one attached hydrogen (secondary N) is 2. The van der Waals surface area contributed by atoms with Crippen LogP contribution in [-0.4, -0.2) is 38.8 Å². The lowest BCUT2D eigenvalue weighted by molar-refractivity contribution is -0.121. The highest BCUT2D eigenvalue weighted by atomic mass is 16.1. The number of fused-ring (bicyclic) bond motifs is 1. The number of aromatic nitrogens is 3. The van der Waals surface area contributed by atoms with Gasteiger partial charge in [-0.1, -0.05) is 37.3 Å². The monoisotopic (exact) mass is 439 g/mol. The van der Waals surface area contributed by atoms with Gasteiger partial charge in [0.1, 0.15) is 5.82 Å². The maximum Gasteiger partial charge on any atom is 0.228 e. The van der Waals surface area contributed by atoms with E-state index in [-0.39, 0.29) is 11.8 Å². The lowest BCUT2D eigenvalue weighted by Crippen LogP contribution is -2.40. The Morgan fingerprint density at radius 3 is 2.79 bits per heavy atom. The first kappa shape index (κ1) is 21.3. The maximum absolute atomic E-state index is 13.1. The van der Waals surface area contributed by atoms with Gasteiger partial charge in [0, 0.05) is 65.3 Å². The molecule has 1 aliphatic heterocycles. The quantitative estimate of drug-likeness (QED) is 0.442. The molecule has 0 bridgehead atoms. The number of hydrogen-bond acceptors (Lipinski definition) is 4. The second kappa shape index (κ2) is 9.55. The number of aryl methyl sites for hydroxylation is 1. The van der Waals surface area contributed by atoms with Crippen LogP contribution in [0.25, 0.3) is 22.2 Å². The molecule has 1 unspecified atom stereocenters. The van der Waals surface area contributed by atoms with Crippen LogP contribution < -0.4 is 5.32 Å². The molecule has 2 aromatic carbocycles. The Kier molecular flexibility index (Phi) is 6.17. The molecule has 5 rings (SSSR count). The number of amides is 1. The Labute approximate surface area is 194 Å². The molecule has 1 atom stereocenters. The summed E-state index contributed by atoms with van der Waals surface area (Å²) in [5.41, 5.74) is 5.15. The second-order valence-electron chi connectivity index (χ2n) is 8.78. The van der Waals surface area contributed by atoms with Crippen molar-refractivity contribution in [2.75, 3.05) is 18.4 Å². The molecule has 4 aromatic rings. The highest BCUT2D eigenvalue weighted by Gasteiger charge is 2.26. The molecule has 0 radical (unpaired) electrons. The predicted octanol–water partition coefficient (Wildman–Crippen LogP) is 5.04. The third kappa shape index (κ3) is 4.96. The van der Waals surface area contributed by atoms with Crippen molar-refractivity contribution in [3.63, 3.8) is 0 Å². The summed E-state index contributed by atoms with van der Waals surface area (Å²) in [6.07, 6.45) is 6.58. The van der Waals surface area contributed by atoms with E-state index in [4.69, 9.17) is 0 Å². The van der Waals surface area contributed by atoms with Crippen molar-refractivity contribution >= 4 is 22.5 Å². The molecule has 0 aliphatic carbocycles. The molecule has 1 amide bonds. The number of hydrogen-bond donors (Lipinski definition) is 2. The van der Waals surface area contributed by atoms with E-state index >= 15 is 0 Å². The summed E-state index contributed by atoms with van der Waals surface area (Å²) in [7, 11) is 0. The average molecular weight is 440 g/mol. The first-order valence-corrected chi connectivity index (χ1v) is 11.7. The number of piperidine rings is 1. The fraction of sp³-hybridized carbons (Fsp3) is 0.296. The van der Waals surface area contributed by atoms with Crippen LogP contribution in [-0.2, 0) is 17.8 Å². The number of carbonyl (C=O) groups is 1. The van der Waals surface area contributed by atoms with E-state index in [0.29, 0.717) is 0 Å². The van der Waals surface area contributed by atoms with Crippen molar-refractivity contribution in [1.29, 1.82) is 0 Å². The number of aromatic amines is 1. The molecule has 1 saturated heterocycles. The fourth-order valence-electron chi connectivity index (χ4n) is 4.55. The number of para-hydroxylation sites is 1. The molecule has 1 fully saturated rings. The van der Waals surface area contributed by atoms with Gasteiger partial charge in [0.25, 0.3) is 0 Å². The van der Waals surface area contributed by atoms with Gasteiger partial charge in [-0.15, -0.1) is 0 Å². The van der Waals surface area contributed by atoms with E-state index in [9.17, 15) is 4.79 Å². The van der Waals surface area contributed by atoms with Gasteiger partial charge in [0.15, 0.2) is 0 Å². The molecular formula is C27H29N5O. The zero-order chi connectivity index (χ0) is 22.6. The lowest BCUT2D eigenvalue weighted by Gasteiger charge is -2.31. The predicted molar refractivity (Wildman–Crippen MR) is 132 cm³/mol. The molecule has 2 N–H and O–H groups in total. The smallest absolute Gasteiger partial charge is 0.228 e. The van der Waals surface area contributed by atoms with E-state index in [0.717, 1.165) is 72.7 Å². The van der Waals surface area contributed by atoms with E-state index in [1.807, 2.05) is 42.7 Å². The van der Waals surface area contributed by atoms with Gasteiger partial charge >= 0.3 is 0 Å². The van der Waals surface area contributed by atoms with Crippen LogP contribution in [0.2, 0.25) is 0 Å². The molecule has 168 valence electrons. The first-order valence-electron chi connectivity index (χ1n) is 11.7. The van der Waals surface area contributed by atoms with Crippen LogP contribution in [0.4, 0.5) is 5.69 Å². The van der Waals surface area contributed by atoms with Gasteiger partial charge in [-0.05, 0) is 43.7 Å². The van der Waals surface area contributed by atoms with Gasteiger partial charge < -0.3 is 10.3 Å². The van der Waals surface area contributed by atoms with Gasteiger partial charge in [0.2, 0.25) is 5.91 Å². The van der Waals surface area contributed by atoms with Crippen molar-refractivity contribution in [1.82, 2.24) is 19.9 Å². The summed E-state index contributed by atoms with van der Waals surface area (Å²) in [6, 6.07) is 18.4. The van der Waals surface area contributed by atoms with Gasteiger partial charge in [0.05, 0.1) is 5.92 Å². The van der Waals surface area contributed by atoms with E-state index in [1.165, 1.54) is 5.39 Å². The van der Waals surface area contributed by atoms with Crippen LogP contribution >= 0.6 is 0 Å². The molecular weight excluding hydrogens is 410 g/mol. The molecule has 6 heteroatoms. The van der Waals surface area contributed by atoms with E-state index < -0.39 is 0 Å². The zero-order valence-electron chi connectivity index (χ0n) is 18.9. The number of anilines is 1. The summed E-state index contributed by atoms with van der Waals surface area (Å²) >= 11 is 0. The number of benzene rings is 2. The second-order valence-corrected chi connectivity index (χ2v) is 8.78. The first-order chi connectivity index (χ1) is 16.2. The molecule has 6 nitrogen and oxygen atoms in total. The Bertz CT molecular complexity index is 1210. The summed E-state index contributed by atoms with van der Waals surface area (Å²) in [5, 5.41) is 4.33. The maximum atomic E-state index is 13.1. The third-order valence-electron chi connectivity index (χ3n) is 6.33. The summed E-state index contributed by atoms with van der Waals surface area (Å²) in [5.74, 6) is 0.932. The topological polar surface area (TPSA) is 73.9 Å². The molecule has 0 spiro atoms. The highest BCUT2D eigenvalue weighted by molar-refractivity contribution is 5.94. The van der Waals surface area contributed by atoms with Crippen LogP contribution in [0.15, 0.2) is 67.0 Å². The van der Waals surface area contributed by atoms with Crippen LogP contribution in [0.3, 0.4) is 0 Å². The van der Waals surface area contributed by atoms with Crippen molar-refractivity contribution in [2.24, 2.45) is 5.92 Å². The molecule has 2 aromatic heterocycles. The number of carbonyl (C=O) groups excluding carboxylic acids is 1. The van der Waals surface area contributed by atoms with Crippen molar-refractivity contribution in [3.8, 4) is 11.3 Å². The minimum Gasteiger partial charge on any atom is -0.355 e. The van der Waals surface area contributed by atoms with Gasteiger partial charge in [-0.3, -0.25) is 9.69 Å². The molecule has 33 heavy (non-hydrogen) atoms. The zero-order valence-corrected chi connectivity index (χ0v) is 18.9. The summed E-state index contributed by atoms with van der Waals surface area (Å²) in [6.45, 7) is 4.58. The van der Waals surface area contributed by atoms with Crippen molar-refractivity contribution < 1.29 is 4.79 Å². The number of nitrogens with zero attached hydrogens (tertiary/aromatic N) is 3. The standard InChI is InChI=1S/C27H29N5O/c1-2-26-28-15-19(16-29-26)17-32-12-6-9-22(18-32)27(33)30-23-10-5-8-20(13-23)25-14-21-7-3-4-11-24(21)31-25/h3-5,7-8,10-11,13-16,22,31H,2,6,9,12,17-18H2,1H3,(H,30,33). The summed E-state index contributed by atoms with van der Waals surface area (Å²) < 4.78 is 0. The normalized spacial score (nSPS) is 16.7. The third-order valence-corrected chi connectivity index (χ3v) is 6.33. The minimum absolute atomic E-state index is 0.0219. The van der Waals surface area contributed by atoms with Crippen molar-refractivity contribution in [3.05, 3.63) is 78.4 Å². The Hall–Kier alpha value is -3.51. The largest absolute Gasteiger partial charge is 0.355 e. The average Bonchev–Trinajstić information content (AvgIpc) is 3.29. The SMILES string of the molecule is CCc1ncc(CN2CCCC(C(=O)Nc3cccc(-c4cc5ccccc5[nH]4)c3)C2)cn1. The number of rotatable bonds is 6. The van der Waals surface area contributed by atoms with Gasteiger partial charge in [-0.2, -0.15) is 0 Å². The van der Waals surface area contributed by atoms with Gasteiger partial charge in [-0.25, -0.2) is 9.97 Å². The van der Waals surface area contributed by atoms with Crippen LogP contribution in [0.5, 0.6) is 0 Å². The highest BCUT2D eigenvalue weighted by Crippen LogP contribution is 2.27. The Morgan fingerprint density at radius 2 is 1.97 bits per heavy atom. The summed E-state index contributed by atoms with van der Waals surface area (Å²) in [4.78, 5) is 27.7. The van der Waals surface area contributed by atoms with E-state index in [1.54, 1.807) is 0 Å². The molecule has 0 saturated carbocycles. The number of likely N-dealkylation sites (tertiary alicyclic amines) is 1.